The maximum Gasteiger partial charge on any atom is 0.339 e. The number of benzene rings is 3. The van der Waals surface area contributed by atoms with Crippen LogP contribution in [0.3, 0.4) is 0 Å². The van der Waals surface area contributed by atoms with Gasteiger partial charge in [0.25, 0.3) is 0 Å². The number of aliphatic imine (C=N–C) groups is 2. The summed E-state index contributed by atoms with van der Waals surface area (Å²) in [6.45, 7) is 0. The van der Waals surface area contributed by atoms with Crippen LogP contribution in [0.15, 0.2) is 87.7 Å². The van der Waals surface area contributed by atoms with Crippen LogP contribution >= 0.6 is 0 Å². The third-order valence-corrected chi connectivity index (χ3v) is 6.97. The molecule has 0 fully saturated rings. The standard InChI is InChI=1S/C15H9NO4S.C12H11NO4S/c1-2-12-3-9-15(10-4-12)21(18,19)20-14-7-5-13(6-8-14)16-11-17;1-2-3-4-9-18(15,16)17-12-7-5-11(6-8-12)13-10-14/h1,3-10H;1,5-8H,3-4,9H2. The quantitative estimate of drug-likeness (QED) is 0.117. The van der Waals surface area contributed by atoms with Gasteiger partial charge >= 0.3 is 20.2 Å². The molecule has 0 heterocycles. The van der Waals surface area contributed by atoms with Crippen molar-refractivity contribution in [1.29, 1.82) is 0 Å². The normalized spacial score (nSPS) is 10.2. The molecular weight excluding hydrogens is 544 g/mol. The summed E-state index contributed by atoms with van der Waals surface area (Å²) in [5.74, 6) is 4.90. The summed E-state index contributed by atoms with van der Waals surface area (Å²) in [6, 6.07) is 17.2. The molecule has 0 aliphatic heterocycles. The van der Waals surface area contributed by atoms with Crippen molar-refractivity contribution in [1.82, 2.24) is 0 Å². The minimum absolute atomic E-state index is 0.00325. The van der Waals surface area contributed by atoms with Gasteiger partial charge in [-0.2, -0.15) is 26.8 Å². The van der Waals surface area contributed by atoms with Crippen molar-refractivity contribution >= 4 is 43.8 Å². The van der Waals surface area contributed by atoms with Crippen LogP contribution in [0.4, 0.5) is 11.4 Å². The molecule has 0 spiro atoms. The van der Waals surface area contributed by atoms with Gasteiger partial charge < -0.3 is 8.37 Å². The van der Waals surface area contributed by atoms with E-state index in [-0.39, 0.29) is 22.1 Å². The molecule has 0 saturated carbocycles. The Bertz CT molecular complexity index is 1650. The van der Waals surface area contributed by atoms with Gasteiger partial charge in [-0.1, -0.05) is 5.92 Å². The van der Waals surface area contributed by atoms with Gasteiger partial charge in [0.15, 0.2) is 0 Å². The molecule has 39 heavy (non-hydrogen) atoms. The van der Waals surface area contributed by atoms with Gasteiger partial charge in [0.1, 0.15) is 16.4 Å². The van der Waals surface area contributed by atoms with E-state index in [1.165, 1.54) is 85.0 Å². The predicted molar refractivity (Wildman–Crippen MR) is 143 cm³/mol. The Kier molecular flexibility index (Phi) is 11.4. The second kappa shape index (κ2) is 14.7. The maximum atomic E-state index is 12.1. The number of isocyanates is 2. The van der Waals surface area contributed by atoms with Crippen LogP contribution in [-0.4, -0.2) is 34.7 Å². The van der Waals surface area contributed by atoms with Crippen LogP contribution in [0.1, 0.15) is 18.4 Å². The summed E-state index contributed by atoms with van der Waals surface area (Å²) in [6.07, 6.45) is 13.7. The van der Waals surface area contributed by atoms with E-state index in [0.29, 0.717) is 29.8 Å². The van der Waals surface area contributed by atoms with E-state index in [1.807, 2.05) is 0 Å². The van der Waals surface area contributed by atoms with E-state index >= 15 is 0 Å². The third kappa shape index (κ3) is 10.5. The molecule has 3 rings (SSSR count). The Balaban J connectivity index is 0.000000277. The van der Waals surface area contributed by atoms with Crippen LogP contribution in [0.2, 0.25) is 0 Å². The number of nitrogens with zero attached hydrogens (tertiary/aromatic N) is 2. The predicted octanol–water partition coefficient (Wildman–Crippen LogP) is 4.18. The molecule has 0 radical (unpaired) electrons. The summed E-state index contributed by atoms with van der Waals surface area (Å²) in [7, 11) is -7.58. The van der Waals surface area contributed by atoms with Crippen LogP contribution in [0, 0.1) is 24.7 Å². The summed E-state index contributed by atoms with van der Waals surface area (Å²) < 4.78 is 56.9. The van der Waals surface area contributed by atoms with E-state index in [1.54, 1.807) is 0 Å². The largest absolute Gasteiger partial charge is 0.382 e. The van der Waals surface area contributed by atoms with Gasteiger partial charge in [0.05, 0.1) is 17.1 Å². The highest BCUT2D eigenvalue weighted by atomic mass is 32.2. The summed E-state index contributed by atoms with van der Waals surface area (Å²) >= 11 is 0. The molecule has 0 amide bonds. The molecule has 0 saturated heterocycles. The zero-order valence-corrected chi connectivity index (χ0v) is 21.8. The molecule has 0 N–H and O–H groups in total. The smallest absolute Gasteiger partial charge is 0.339 e. The zero-order valence-electron chi connectivity index (χ0n) is 20.2. The first-order chi connectivity index (χ1) is 18.6. The average Bonchev–Trinajstić information content (AvgIpc) is 2.91. The SMILES string of the molecule is C#CCCCS(=O)(=O)Oc1ccc(N=C=O)cc1.C#Cc1ccc(S(=O)(=O)Oc2ccc(N=C=O)cc2)cc1. The molecule has 10 nitrogen and oxygen atoms in total. The van der Waals surface area contributed by atoms with Gasteiger partial charge in [-0.25, -0.2) is 9.59 Å². The van der Waals surface area contributed by atoms with E-state index in [4.69, 9.17) is 21.2 Å². The molecule has 0 aliphatic carbocycles. The minimum atomic E-state index is -3.94. The van der Waals surface area contributed by atoms with Crippen LogP contribution in [0.25, 0.3) is 0 Å². The van der Waals surface area contributed by atoms with Crippen LogP contribution in [-0.2, 0) is 29.8 Å². The van der Waals surface area contributed by atoms with E-state index in [2.05, 4.69) is 21.8 Å². The Morgan fingerprint density at radius 1 is 0.692 bits per heavy atom. The first-order valence-corrected chi connectivity index (χ1v) is 13.8. The summed E-state index contributed by atoms with van der Waals surface area (Å²) in [5, 5.41) is 0. The van der Waals surface area contributed by atoms with Crippen molar-refractivity contribution in [3.63, 3.8) is 0 Å². The van der Waals surface area contributed by atoms with Crippen molar-refractivity contribution in [3.05, 3.63) is 78.4 Å². The molecule has 12 heteroatoms. The third-order valence-electron chi connectivity index (χ3n) is 4.48. The lowest BCUT2D eigenvalue weighted by Crippen LogP contribution is -2.13. The average molecular weight is 565 g/mol. The van der Waals surface area contributed by atoms with Crippen molar-refractivity contribution in [2.45, 2.75) is 17.7 Å². The molecule has 0 bridgehead atoms. The fraction of sp³-hybridized carbons (Fsp3) is 0.111. The first kappa shape index (κ1) is 30.3. The molecule has 0 atom stereocenters. The number of rotatable bonds is 10. The molecule has 3 aromatic carbocycles. The highest BCUT2D eigenvalue weighted by Gasteiger charge is 2.16. The topological polar surface area (TPSA) is 146 Å². The zero-order chi connectivity index (χ0) is 28.7. The van der Waals surface area contributed by atoms with Gasteiger partial charge in [-0.3, -0.25) is 0 Å². The van der Waals surface area contributed by atoms with Crippen LogP contribution < -0.4 is 8.37 Å². The monoisotopic (exact) mass is 564 g/mol. The number of carbonyl (C=O) groups excluding carboxylic acids is 2. The van der Waals surface area contributed by atoms with Crippen molar-refractivity contribution in [2.75, 3.05) is 5.75 Å². The molecule has 198 valence electrons. The van der Waals surface area contributed by atoms with E-state index < -0.39 is 20.2 Å². The molecule has 0 aliphatic rings. The van der Waals surface area contributed by atoms with Crippen molar-refractivity contribution in [3.8, 4) is 36.2 Å². The second-order valence-corrected chi connectivity index (χ2v) is 10.5. The lowest BCUT2D eigenvalue weighted by Gasteiger charge is -2.07. The van der Waals surface area contributed by atoms with Gasteiger partial charge in [0, 0.05) is 12.0 Å². The summed E-state index contributed by atoms with van der Waals surface area (Å²) in [5.41, 5.74) is 1.31. The molecular formula is C27H20N2O8S2. The van der Waals surface area contributed by atoms with Gasteiger partial charge in [-0.15, -0.1) is 18.8 Å². The van der Waals surface area contributed by atoms with Gasteiger partial charge in [0.2, 0.25) is 12.2 Å². The summed E-state index contributed by atoms with van der Waals surface area (Å²) in [4.78, 5) is 26.9. The number of terminal acetylenes is 2. The van der Waals surface area contributed by atoms with Gasteiger partial charge in [-0.05, 0) is 79.2 Å². The maximum absolute atomic E-state index is 12.1. The highest BCUT2D eigenvalue weighted by molar-refractivity contribution is 7.87. The molecule has 0 unspecified atom stereocenters. The Hall–Kier alpha value is -4.96. The number of hydrogen-bond donors (Lipinski definition) is 0. The second-order valence-electron chi connectivity index (χ2n) is 7.25. The lowest BCUT2D eigenvalue weighted by molar-refractivity contribution is 0.483. The fourth-order valence-corrected chi connectivity index (χ4v) is 4.61. The minimum Gasteiger partial charge on any atom is -0.382 e. The van der Waals surface area contributed by atoms with E-state index in [0.717, 1.165) is 0 Å². The highest BCUT2D eigenvalue weighted by Crippen LogP contribution is 2.22. The number of unbranched alkanes of at least 4 members (excludes halogenated alkanes) is 1. The van der Waals surface area contributed by atoms with E-state index in [9.17, 15) is 26.4 Å². The van der Waals surface area contributed by atoms with Crippen molar-refractivity contribution < 1.29 is 34.8 Å². The fourth-order valence-electron chi connectivity index (χ4n) is 2.69. The Labute approximate surface area is 226 Å². The molecule has 0 aromatic heterocycles. The van der Waals surface area contributed by atoms with Crippen molar-refractivity contribution in [2.24, 2.45) is 9.98 Å². The lowest BCUT2D eigenvalue weighted by atomic mass is 10.2. The Morgan fingerprint density at radius 3 is 1.62 bits per heavy atom. The first-order valence-electron chi connectivity index (χ1n) is 10.8. The number of hydrogen-bond acceptors (Lipinski definition) is 10. The molecule has 3 aromatic rings. The Morgan fingerprint density at radius 2 is 1.18 bits per heavy atom. The van der Waals surface area contributed by atoms with Crippen LogP contribution in [0.5, 0.6) is 11.5 Å².